The van der Waals surface area contributed by atoms with E-state index in [1.165, 1.54) is 59.6 Å². The van der Waals surface area contributed by atoms with E-state index in [1.54, 1.807) is 11.1 Å². The van der Waals surface area contributed by atoms with E-state index in [2.05, 4.69) is 78.2 Å². The van der Waals surface area contributed by atoms with Gasteiger partial charge in [-0.25, -0.2) is 0 Å². The highest BCUT2D eigenvalue weighted by molar-refractivity contribution is 6.09. The number of hydrogen-bond donors (Lipinski definition) is 0. The number of aryl methyl sites for hydroxylation is 1. The molecule has 0 saturated heterocycles. The van der Waals surface area contributed by atoms with Crippen LogP contribution >= 0.6 is 0 Å². The third-order valence-electron chi connectivity index (χ3n) is 7.53. The normalized spacial score (nSPS) is 24.3. The number of fused-ring (bicyclic) bond motifs is 5. The van der Waals surface area contributed by atoms with Gasteiger partial charge in [0.2, 0.25) is 0 Å². The van der Waals surface area contributed by atoms with Gasteiger partial charge in [-0.3, -0.25) is 0 Å². The summed E-state index contributed by atoms with van der Waals surface area (Å²) in [6.07, 6.45) is 6.63. The summed E-state index contributed by atoms with van der Waals surface area (Å²) in [6.45, 7) is 2.52. The third-order valence-corrected chi connectivity index (χ3v) is 7.53. The summed E-state index contributed by atoms with van der Waals surface area (Å²) in [5.41, 5.74) is 7.79. The van der Waals surface area contributed by atoms with Gasteiger partial charge >= 0.3 is 0 Å². The standard InChI is InChI=1S/C26H25N/c1-26-15-13-18-7-6-12-25(22(18)17-19(26)14-16-26)27-23-10-4-2-8-20(23)21-9-3-5-11-24(21)27/h2-12,19H,13-17H2,1H3. The Bertz CT molecular complexity index is 1130. The fraction of sp³-hybridized carbons (Fsp3) is 0.308. The topological polar surface area (TPSA) is 4.93 Å². The van der Waals surface area contributed by atoms with Crippen molar-refractivity contribution in [2.24, 2.45) is 11.3 Å². The molecule has 27 heavy (non-hydrogen) atoms. The summed E-state index contributed by atoms with van der Waals surface area (Å²) < 4.78 is 2.52. The van der Waals surface area contributed by atoms with Crippen molar-refractivity contribution in [1.82, 2.24) is 4.57 Å². The Morgan fingerprint density at radius 2 is 1.52 bits per heavy atom. The molecule has 4 aromatic rings. The molecule has 2 unspecified atom stereocenters. The molecule has 1 heteroatoms. The molecule has 6 rings (SSSR count). The first-order chi connectivity index (χ1) is 13.2. The lowest BCUT2D eigenvalue weighted by atomic mass is 9.58. The van der Waals surface area contributed by atoms with Crippen molar-refractivity contribution in [3.05, 3.63) is 77.9 Å². The number of aromatic nitrogens is 1. The second-order valence-electron chi connectivity index (χ2n) is 8.88. The molecular formula is C26H25N. The van der Waals surface area contributed by atoms with Crippen LogP contribution in [0.25, 0.3) is 27.5 Å². The fourth-order valence-corrected chi connectivity index (χ4v) is 5.67. The van der Waals surface area contributed by atoms with Crippen LogP contribution < -0.4 is 0 Å². The van der Waals surface area contributed by atoms with E-state index < -0.39 is 0 Å². The average molecular weight is 351 g/mol. The van der Waals surface area contributed by atoms with Crippen molar-refractivity contribution >= 4 is 21.8 Å². The molecule has 0 aliphatic heterocycles. The first-order valence-corrected chi connectivity index (χ1v) is 10.3. The highest BCUT2D eigenvalue weighted by Gasteiger charge is 2.44. The van der Waals surface area contributed by atoms with E-state index in [-0.39, 0.29) is 0 Å². The second-order valence-corrected chi connectivity index (χ2v) is 8.88. The molecule has 1 nitrogen and oxygen atoms in total. The van der Waals surface area contributed by atoms with Crippen molar-refractivity contribution < 1.29 is 0 Å². The highest BCUT2D eigenvalue weighted by atomic mass is 15.0. The molecule has 0 bridgehead atoms. The van der Waals surface area contributed by atoms with Gasteiger partial charge in [-0.2, -0.15) is 0 Å². The molecule has 1 heterocycles. The first-order valence-electron chi connectivity index (χ1n) is 10.3. The van der Waals surface area contributed by atoms with Gasteiger partial charge in [0.1, 0.15) is 0 Å². The molecule has 0 radical (unpaired) electrons. The van der Waals surface area contributed by atoms with Crippen LogP contribution in [0.15, 0.2) is 66.7 Å². The summed E-state index contributed by atoms with van der Waals surface area (Å²) in [6, 6.07) is 24.7. The van der Waals surface area contributed by atoms with Gasteiger partial charge in [0, 0.05) is 16.5 Å². The zero-order chi connectivity index (χ0) is 18.0. The maximum atomic E-state index is 2.52. The van der Waals surface area contributed by atoms with Gasteiger partial charge in [0.15, 0.2) is 0 Å². The number of para-hydroxylation sites is 2. The molecule has 134 valence electrons. The lowest BCUT2D eigenvalue weighted by molar-refractivity contribution is 0.0460. The van der Waals surface area contributed by atoms with E-state index in [0.29, 0.717) is 5.41 Å². The summed E-state index contributed by atoms with van der Waals surface area (Å²) in [5, 5.41) is 2.71. The maximum absolute atomic E-state index is 2.52. The molecule has 1 saturated carbocycles. The maximum Gasteiger partial charge on any atom is 0.0541 e. The van der Waals surface area contributed by atoms with Gasteiger partial charge in [-0.1, -0.05) is 55.5 Å². The van der Waals surface area contributed by atoms with Crippen molar-refractivity contribution in [3.63, 3.8) is 0 Å². The van der Waals surface area contributed by atoms with Crippen LogP contribution in [0, 0.1) is 11.3 Å². The lowest BCUT2D eigenvalue weighted by Gasteiger charge is -2.46. The summed E-state index contributed by atoms with van der Waals surface area (Å²) >= 11 is 0. The van der Waals surface area contributed by atoms with Gasteiger partial charge < -0.3 is 4.57 Å². The zero-order valence-electron chi connectivity index (χ0n) is 15.9. The number of benzene rings is 3. The quantitative estimate of drug-likeness (QED) is 0.360. The predicted octanol–water partition coefficient (Wildman–Crippen LogP) is 6.69. The summed E-state index contributed by atoms with van der Waals surface area (Å²) in [4.78, 5) is 0. The number of nitrogens with zero attached hydrogens (tertiary/aromatic N) is 1. The van der Waals surface area contributed by atoms with Crippen LogP contribution in [0.4, 0.5) is 0 Å². The van der Waals surface area contributed by atoms with E-state index in [0.717, 1.165) is 5.92 Å². The molecule has 0 spiro atoms. The summed E-state index contributed by atoms with van der Waals surface area (Å²) in [7, 11) is 0. The van der Waals surface area contributed by atoms with E-state index >= 15 is 0 Å². The van der Waals surface area contributed by atoms with Crippen LogP contribution in [0.3, 0.4) is 0 Å². The zero-order valence-corrected chi connectivity index (χ0v) is 15.9. The van der Waals surface area contributed by atoms with Crippen molar-refractivity contribution in [1.29, 1.82) is 0 Å². The van der Waals surface area contributed by atoms with Crippen molar-refractivity contribution in [2.45, 2.75) is 39.0 Å². The molecule has 2 aliphatic carbocycles. The Balaban J connectivity index is 1.65. The Morgan fingerprint density at radius 3 is 2.19 bits per heavy atom. The molecule has 3 aromatic carbocycles. The van der Waals surface area contributed by atoms with Crippen LogP contribution in [0.1, 0.15) is 37.3 Å². The Hall–Kier alpha value is -2.54. The Kier molecular flexibility index (Phi) is 3.15. The minimum atomic E-state index is 0.567. The van der Waals surface area contributed by atoms with Crippen molar-refractivity contribution in [2.75, 3.05) is 0 Å². The Labute approximate surface area is 160 Å². The van der Waals surface area contributed by atoms with Crippen LogP contribution in [-0.2, 0) is 12.8 Å². The lowest BCUT2D eigenvalue weighted by Crippen LogP contribution is -2.38. The molecule has 0 amide bonds. The van der Waals surface area contributed by atoms with Gasteiger partial charge in [0.25, 0.3) is 0 Å². The molecule has 1 aromatic heterocycles. The smallest absolute Gasteiger partial charge is 0.0541 e. The van der Waals surface area contributed by atoms with Crippen LogP contribution in [0.5, 0.6) is 0 Å². The largest absolute Gasteiger partial charge is 0.309 e. The molecule has 2 aliphatic rings. The highest BCUT2D eigenvalue weighted by Crippen LogP contribution is 2.53. The van der Waals surface area contributed by atoms with E-state index in [9.17, 15) is 0 Å². The Morgan fingerprint density at radius 1 is 0.815 bits per heavy atom. The molecule has 2 atom stereocenters. The van der Waals surface area contributed by atoms with Gasteiger partial charge in [-0.05, 0) is 72.8 Å². The predicted molar refractivity (Wildman–Crippen MR) is 114 cm³/mol. The fourth-order valence-electron chi connectivity index (χ4n) is 5.67. The van der Waals surface area contributed by atoms with Gasteiger partial charge in [-0.15, -0.1) is 0 Å². The number of hydrogen-bond acceptors (Lipinski definition) is 0. The monoisotopic (exact) mass is 351 g/mol. The molecule has 0 N–H and O–H groups in total. The van der Waals surface area contributed by atoms with Crippen LogP contribution in [0.2, 0.25) is 0 Å². The van der Waals surface area contributed by atoms with E-state index in [4.69, 9.17) is 0 Å². The van der Waals surface area contributed by atoms with Crippen molar-refractivity contribution in [3.8, 4) is 5.69 Å². The van der Waals surface area contributed by atoms with E-state index in [1.807, 2.05) is 0 Å². The summed E-state index contributed by atoms with van der Waals surface area (Å²) in [5.74, 6) is 0.855. The SMILES string of the molecule is CC12CCc3cccc(-n4c5ccccc5c5ccccc54)c3CC1CC2. The second kappa shape index (κ2) is 5.48. The van der Waals surface area contributed by atoms with Gasteiger partial charge in [0.05, 0.1) is 11.0 Å². The molecular weight excluding hydrogens is 326 g/mol. The molecule has 1 fully saturated rings. The minimum absolute atomic E-state index is 0.567. The first kappa shape index (κ1) is 15.5. The number of rotatable bonds is 1. The third kappa shape index (κ3) is 2.12. The minimum Gasteiger partial charge on any atom is -0.309 e. The average Bonchev–Trinajstić information content (AvgIpc) is 2.99. The van der Waals surface area contributed by atoms with Crippen LogP contribution in [-0.4, -0.2) is 4.57 Å².